The zero-order chi connectivity index (χ0) is 36.5. The Morgan fingerprint density at radius 1 is 1.00 bits per heavy atom. The third-order valence-electron chi connectivity index (χ3n) is 9.36. The van der Waals surface area contributed by atoms with E-state index in [0.717, 1.165) is 45.3 Å². The van der Waals surface area contributed by atoms with Crippen molar-refractivity contribution in [2.75, 3.05) is 85.6 Å². The van der Waals surface area contributed by atoms with Crippen molar-refractivity contribution in [1.29, 1.82) is 0 Å². The first-order valence-electron chi connectivity index (χ1n) is 17.2. The second kappa shape index (κ2) is 17.7. The van der Waals surface area contributed by atoms with Gasteiger partial charge >= 0.3 is 6.16 Å². The molecule has 0 spiro atoms. The number of aliphatic hydroxyl groups is 1. The maximum atomic E-state index is 14.2. The van der Waals surface area contributed by atoms with Gasteiger partial charge in [-0.05, 0) is 45.8 Å². The molecular formula is C34H46F2N6O9. The summed E-state index contributed by atoms with van der Waals surface area (Å²) in [5.41, 5.74) is -0.356. The number of carbonyl (C=O) groups is 4. The minimum absolute atomic E-state index is 0.00877. The van der Waals surface area contributed by atoms with Gasteiger partial charge in [0.15, 0.2) is 12.4 Å². The van der Waals surface area contributed by atoms with Crippen LogP contribution in [0.1, 0.15) is 32.3 Å². The second-order valence-corrected chi connectivity index (χ2v) is 12.7. The molecule has 0 saturated carbocycles. The van der Waals surface area contributed by atoms with Gasteiger partial charge in [0, 0.05) is 70.2 Å². The summed E-state index contributed by atoms with van der Waals surface area (Å²) >= 11 is 0. The number of rotatable bonds is 13. The SMILES string of the molecule is CCN1C=C(C(=O)NCc2ccc(F)cc2F)C(O)C(OCOC(=O)OCC(=O)N2CCN(CCN3CCCC3)CC2)=C1C(=O)N1COCC1C. The van der Waals surface area contributed by atoms with Crippen LogP contribution in [-0.4, -0.2) is 151 Å². The Labute approximate surface area is 295 Å². The van der Waals surface area contributed by atoms with Gasteiger partial charge in [-0.2, -0.15) is 0 Å². The largest absolute Gasteiger partial charge is 0.511 e. The topological polar surface area (TPSA) is 154 Å². The van der Waals surface area contributed by atoms with E-state index >= 15 is 0 Å². The molecule has 5 rings (SSSR count). The summed E-state index contributed by atoms with van der Waals surface area (Å²) in [5, 5.41) is 13.8. The molecule has 2 N–H and O–H groups in total. The van der Waals surface area contributed by atoms with E-state index in [2.05, 4.69) is 15.1 Å². The van der Waals surface area contributed by atoms with Crippen LogP contribution in [-0.2, 0) is 39.9 Å². The summed E-state index contributed by atoms with van der Waals surface area (Å²) in [6.07, 6.45) is 0.737. The smallest absolute Gasteiger partial charge is 0.456 e. The third kappa shape index (κ3) is 9.72. The zero-order valence-electron chi connectivity index (χ0n) is 29.0. The van der Waals surface area contributed by atoms with Crippen LogP contribution in [0.5, 0.6) is 0 Å². The van der Waals surface area contributed by atoms with E-state index in [1.165, 1.54) is 34.9 Å². The minimum Gasteiger partial charge on any atom is -0.456 e. The van der Waals surface area contributed by atoms with E-state index in [1.54, 1.807) is 18.7 Å². The molecule has 0 aromatic heterocycles. The predicted octanol–water partition coefficient (Wildman–Crippen LogP) is 0.945. The number of likely N-dealkylation sites (tertiary alicyclic amines) is 1. The third-order valence-corrected chi connectivity index (χ3v) is 9.36. The van der Waals surface area contributed by atoms with Crippen LogP contribution >= 0.6 is 0 Å². The highest BCUT2D eigenvalue weighted by Gasteiger charge is 2.40. The van der Waals surface area contributed by atoms with E-state index < -0.39 is 49.1 Å². The molecule has 4 heterocycles. The van der Waals surface area contributed by atoms with Crippen molar-refractivity contribution in [2.45, 2.75) is 45.4 Å². The van der Waals surface area contributed by atoms with Crippen molar-refractivity contribution >= 4 is 23.9 Å². The lowest BCUT2D eigenvalue weighted by atomic mass is 10.0. The van der Waals surface area contributed by atoms with Crippen LogP contribution in [0.2, 0.25) is 0 Å². The highest BCUT2D eigenvalue weighted by molar-refractivity contribution is 5.99. The second-order valence-electron chi connectivity index (χ2n) is 12.7. The Balaban J connectivity index is 1.16. The number of nitrogens with zero attached hydrogens (tertiary/aromatic N) is 5. The lowest BCUT2D eigenvalue weighted by Gasteiger charge is -2.35. The highest BCUT2D eigenvalue weighted by Crippen LogP contribution is 2.30. The molecule has 15 nitrogen and oxygen atoms in total. The van der Waals surface area contributed by atoms with Gasteiger partial charge in [0.1, 0.15) is 30.2 Å². The van der Waals surface area contributed by atoms with Crippen molar-refractivity contribution in [3.05, 3.63) is 58.6 Å². The van der Waals surface area contributed by atoms with E-state index in [0.29, 0.717) is 19.2 Å². The standard InChI is InChI=1S/C34H46F2N6O9/c1-3-40-18-26(32(45)37-17-24-6-7-25(35)16-27(24)36)30(44)31(29(40)33(46)42-21-48-19-23(42)2)50-22-51-34(47)49-20-28(43)41-14-12-39(13-15-41)11-10-38-8-4-5-9-38/h6-7,16,18,23,30,44H,3-5,8-15,17,19-22H2,1-2H3,(H,37,45). The number of nitrogens with one attached hydrogen (secondary N) is 1. The average molecular weight is 721 g/mol. The zero-order valence-corrected chi connectivity index (χ0v) is 29.0. The highest BCUT2D eigenvalue weighted by atomic mass is 19.1. The molecule has 0 radical (unpaired) electrons. The molecule has 3 fully saturated rings. The number of hydrogen-bond donors (Lipinski definition) is 2. The lowest BCUT2D eigenvalue weighted by molar-refractivity contribution is -0.137. The van der Waals surface area contributed by atoms with Crippen molar-refractivity contribution in [3.63, 3.8) is 0 Å². The first kappa shape index (κ1) is 37.9. The van der Waals surface area contributed by atoms with Crippen molar-refractivity contribution < 1.29 is 52.0 Å². The molecule has 17 heteroatoms. The number of amides is 3. The van der Waals surface area contributed by atoms with E-state index in [-0.39, 0.29) is 61.0 Å². The minimum atomic E-state index is -1.81. The Bertz CT molecular complexity index is 1500. The van der Waals surface area contributed by atoms with Gasteiger partial charge in [0.05, 0.1) is 18.2 Å². The summed E-state index contributed by atoms with van der Waals surface area (Å²) in [7, 11) is 0. The first-order valence-corrected chi connectivity index (χ1v) is 17.2. The summed E-state index contributed by atoms with van der Waals surface area (Å²) < 4.78 is 48.6. The van der Waals surface area contributed by atoms with E-state index in [9.17, 15) is 33.1 Å². The number of likely N-dealkylation sites (N-methyl/N-ethyl adjacent to an activating group) is 1. The van der Waals surface area contributed by atoms with E-state index in [1.807, 2.05) is 0 Å². The van der Waals surface area contributed by atoms with Crippen LogP contribution in [0.3, 0.4) is 0 Å². The summed E-state index contributed by atoms with van der Waals surface area (Å²) in [6.45, 7) is 8.93. The van der Waals surface area contributed by atoms with Crippen molar-refractivity contribution in [3.8, 4) is 0 Å². The maximum absolute atomic E-state index is 14.2. The van der Waals surface area contributed by atoms with Gasteiger partial charge in [-0.1, -0.05) is 6.07 Å². The quantitative estimate of drug-likeness (QED) is 0.220. The first-order chi connectivity index (χ1) is 24.5. The van der Waals surface area contributed by atoms with Crippen molar-refractivity contribution in [2.24, 2.45) is 0 Å². The number of ether oxygens (including phenoxy) is 4. The number of aliphatic hydroxyl groups excluding tert-OH is 1. The molecule has 4 aliphatic heterocycles. The molecule has 51 heavy (non-hydrogen) atoms. The maximum Gasteiger partial charge on any atom is 0.511 e. The molecular weight excluding hydrogens is 674 g/mol. The normalized spacial score (nSPS) is 21.5. The summed E-state index contributed by atoms with van der Waals surface area (Å²) in [5.74, 6) is -3.77. The van der Waals surface area contributed by atoms with Crippen molar-refractivity contribution in [1.82, 2.24) is 29.8 Å². The molecule has 4 aliphatic rings. The molecule has 280 valence electrons. The molecule has 0 aliphatic carbocycles. The van der Waals surface area contributed by atoms with Crippen LogP contribution < -0.4 is 5.32 Å². The Morgan fingerprint density at radius 2 is 1.71 bits per heavy atom. The monoisotopic (exact) mass is 720 g/mol. The molecule has 1 aromatic carbocycles. The van der Waals surface area contributed by atoms with Gasteiger partial charge < -0.3 is 49.0 Å². The molecule has 2 unspecified atom stereocenters. The van der Waals surface area contributed by atoms with Gasteiger partial charge in [0.25, 0.3) is 17.7 Å². The predicted molar refractivity (Wildman–Crippen MR) is 176 cm³/mol. The molecule has 2 atom stereocenters. The molecule has 1 aromatic rings. The Morgan fingerprint density at radius 3 is 2.35 bits per heavy atom. The van der Waals surface area contributed by atoms with Crippen LogP contribution in [0.25, 0.3) is 0 Å². The lowest BCUT2D eigenvalue weighted by Crippen LogP contribution is -2.51. The fourth-order valence-corrected chi connectivity index (χ4v) is 6.30. The fourth-order valence-electron chi connectivity index (χ4n) is 6.30. The van der Waals surface area contributed by atoms with Crippen LogP contribution in [0.4, 0.5) is 13.6 Å². The average Bonchev–Trinajstić information content (AvgIpc) is 3.81. The number of halogens is 2. The molecule has 3 saturated heterocycles. The van der Waals surface area contributed by atoms with Gasteiger partial charge in [-0.15, -0.1) is 0 Å². The van der Waals surface area contributed by atoms with Gasteiger partial charge in [0.2, 0.25) is 6.79 Å². The Kier molecular flexibility index (Phi) is 13.2. The van der Waals surface area contributed by atoms with Crippen LogP contribution in [0, 0.1) is 11.6 Å². The van der Waals surface area contributed by atoms with E-state index in [4.69, 9.17) is 18.9 Å². The number of benzene rings is 1. The van der Waals surface area contributed by atoms with Gasteiger partial charge in [-0.3, -0.25) is 19.3 Å². The summed E-state index contributed by atoms with van der Waals surface area (Å²) in [4.78, 5) is 61.3. The number of piperazine rings is 1. The Hall–Kier alpha value is -4.32. The number of hydrogen-bond acceptors (Lipinski definition) is 12. The fraction of sp³-hybridized carbons (Fsp3) is 0.588. The van der Waals surface area contributed by atoms with Gasteiger partial charge in [-0.25, -0.2) is 13.6 Å². The molecule has 0 bridgehead atoms. The number of carbonyl (C=O) groups excluding carboxylic acids is 4. The van der Waals surface area contributed by atoms with Crippen LogP contribution in [0.15, 0.2) is 41.4 Å². The summed E-state index contributed by atoms with van der Waals surface area (Å²) in [6, 6.07) is 2.61. The molecule has 3 amide bonds.